The van der Waals surface area contributed by atoms with Crippen molar-refractivity contribution in [3.63, 3.8) is 0 Å². The lowest BCUT2D eigenvalue weighted by Gasteiger charge is -2.37. The first-order valence-corrected chi connectivity index (χ1v) is 21.5. The van der Waals surface area contributed by atoms with Gasteiger partial charge < -0.3 is 9.32 Å². The minimum Gasteiger partial charge on any atom is -0.456 e. The summed E-state index contributed by atoms with van der Waals surface area (Å²) in [5.41, 5.74) is 19.2. The Labute approximate surface area is 325 Å². The van der Waals surface area contributed by atoms with Gasteiger partial charge in [-0.2, -0.15) is 0 Å². The summed E-state index contributed by atoms with van der Waals surface area (Å²) in [6.45, 7) is 7.27. The van der Waals surface area contributed by atoms with E-state index in [1.807, 2.05) is 0 Å². The van der Waals surface area contributed by atoms with E-state index >= 15 is 0 Å². The largest absolute Gasteiger partial charge is 0.456 e. The summed E-state index contributed by atoms with van der Waals surface area (Å²) in [6.07, 6.45) is 17.9. The summed E-state index contributed by atoms with van der Waals surface area (Å²) in [5, 5.41) is 2.46. The van der Waals surface area contributed by atoms with Crippen LogP contribution in [0.4, 0.5) is 17.1 Å². The minimum absolute atomic E-state index is 0.0511. The highest BCUT2D eigenvalue weighted by atomic mass is 16.3. The fourth-order valence-corrected chi connectivity index (χ4v) is 13.0. The molecule has 1 heterocycles. The first kappa shape index (κ1) is 32.4. The number of benzene rings is 5. The molecular weight excluding hydrogens is 667 g/mol. The molecule has 5 aromatic carbocycles. The maximum atomic E-state index is 6.79. The summed E-state index contributed by atoms with van der Waals surface area (Å²) in [6, 6.07) is 38.1. The summed E-state index contributed by atoms with van der Waals surface area (Å²) in [5.74, 6) is 2.69. The van der Waals surface area contributed by atoms with Crippen molar-refractivity contribution in [1.82, 2.24) is 0 Å². The van der Waals surface area contributed by atoms with Gasteiger partial charge in [0.2, 0.25) is 0 Å². The quantitative estimate of drug-likeness (QED) is 0.180. The molecule has 2 heteroatoms. The fraction of sp³-hybridized carbons (Fsp3) is 0.358. The van der Waals surface area contributed by atoms with E-state index in [-0.39, 0.29) is 10.8 Å². The minimum atomic E-state index is -0.0511. The summed E-state index contributed by atoms with van der Waals surface area (Å²) < 4.78 is 6.79. The fourth-order valence-electron chi connectivity index (χ4n) is 13.0. The molecule has 1 aromatic heterocycles. The second kappa shape index (κ2) is 11.6. The van der Waals surface area contributed by atoms with Crippen LogP contribution in [0.15, 0.2) is 119 Å². The molecule has 274 valence electrons. The summed E-state index contributed by atoms with van der Waals surface area (Å²) in [7, 11) is 0. The molecule has 6 aliphatic rings. The van der Waals surface area contributed by atoms with Gasteiger partial charge >= 0.3 is 0 Å². The predicted octanol–water partition coefficient (Wildman–Crippen LogP) is 14.8. The Balaban J connectivity index is 1.06. The molecule has 2 nitrogen and oxygen atoms in total. The van der Waals surface area contributed by atoms with E-state index in [1.165, 1.54) is 119 Å². The van der Waals surface area contributed by atoms with Crippen molar-refractivity contribution in [2.75, 3.05) is 4.90 Å². The van der Waals surface area contributed by atoms with Crippen molar-refractivity contribution in [2.45, 2.75) is 102 Å². The molecule has 2 bridgehead atoms. The Morgan fingerprint density at radius 3 is 2.25 bits per heavy atom. The molecule has 12 rings (SSSR count). The van der Waals surface area contributed by atoms with E-state index in [0.29, 0.717) is 11.8 Å². The molecule has 1 spiro atoms. The number of hydrogen-bond acceptors (Lipinski definition) is 2. The molecule has 55 heavy (non-hydrogen) atoms. The number of nitrogens with zero attached hydrogens (tertiary/aromatic N) is 1. The van der Waals surface area contributed by atoms with Gasteiger partial charge in [-0.1, -0.05) is 113 Å². The van der Waals surface area contributed by atoms with Gasteiger partial charge in [0.05, 0.1) is 0 Å². The van der Waals surface area contributed by atoms with Crippen LogP contribution in [-0.2, 0) is 10.8 Å². The van der Waals surface area contributed by atoms with Crippen molar-refractivity contribution in [3.05, 3.63) is 143 Å². The molecule has 0 aliphatic heterocycles. The van der Waals surface area contributed by atoms with Crippen LogP contribution >= 0.6 is 0 Å². The Kier molecular flexibility index (Phi) is 6.84. The van der Waals surface area contributed by atoms with E-state index in [1.54, 1.807) is 16.7 Å². The van der Waals surface area contributed by atoms with Crippen LogP contribution in [0.1, 0.15) is 119 Å². The summed E-state index contributed by atoms with van der Waals surface area (Å²) >= 11 is 0. The zero-order valence-electron chi connectivity index (χ0n) is 32.6. The Morgan fingerprint density at radius 2 is 1.44 bits per heavy atom. The molecule has 3 saturated carbocycles. The van der Waals surface area contributed by atoms with Gasteiger partial charge in [-0.05, 0) is 155 Å². The predicted molar refractivity (Wildman–Crippen MR) is 229 cm³/mol. The average molecular weight is 718 g/mol. The monoisotopic (exact) mass is 717 g/mol. The van der Waals surface area contributed by atoms with Crippen LogP contribution in [0.5, 0.6) is 0 Å². The van der Waals surface area contributed by atoms with Crippen LogP contribution in [0.25, 0.3) is 38.6 Å². The number of fused-ring (bicyclic) bond motifs is 13. The van der Waals surface area contributed by atoms with Crippen LogP contribution in [0.3, 0.4) is 0 Å². The van der Waals surface area contributed by atoms with Gasteiger partial charge in [0, 0.05) is 38.7 Å². The van der Waals surface area contributed by atoms with Crippen molar-refractivity contribution < 1.29 is 4.42 Å². The lowest BCUT2D eigenvalue weighted by molar-refractivity contribution is 0.327. The Bertz CT molecular complexity index is 2640. The Morgan fingerprint density at radius 1 is 0.673 bits per heavy atom. The highest BCUT2D eigenvalue weighted by molar-refractivity contribution is 6.07. The first-order valence-electron chi connectivity index (χ1n) is 21.5. The van der Waals surface area contributed by atoms with Gasteiger partial charge in [-0.15, -0.1) is 0 Å². The molecule has 3 fully saturated rings. The SMILES string of the molecule is CC1CC=CC2=C1c1ccc(N(c3ccc4c(c3)C3(CC5CCC3C5)c3ccccc3-4)c3ccc4oc5c(C6CCCCC6)cccc5c4c3)cc1C2(C)C. The maximum absolute atomic E-state index is 6.79. The molecule has 6 aromatic rings. The molecule has 4 atom stereocenters. The van der Waals surface area contributed by atoms with Crippen molar-refractivity contribution in [1.29, 1.82) is 0 Å². The topological polar surface area (TPSA) is 16.4 Å². The van der Waals surface area contributed by atoms with Gasteiger partial charge in [-0.3, -0.25) is 0 Å². The second-order valence-corrected chi connectivity index (χ2v) is 18.7. The number of allylic oxidation sites excluding steroid dienone is 4. The summed E-state index contributed by atoms with van der Waals surface area (Å²) in [4.78, 5) is 2.57. The normalized spacial score (nSPS) is 25.9. The first-order chi connectivity index (χ1) is 26.9. The number of anilines is 3. The van der Waals surface area contributed by atoms with Crippen molar-refractivity contribution in [3.8, 4) is 11.1 Å². The average Bonchev–Trinajstić information content (AvgIpc) is 4.03. The zero-order valence-corrected chi connectivity index (χ0v) is 32.6. The molecule has 0 saturated heterocycles. The van der Waals surface area contributed by atoms with Crippen molar-refractivity contribution >= 4 is 44.6 Å². The van der Waals surface area contributed by atoms with Crippen LogP contribution < -0.4 is 4.90 Å². The van der Waals surface area contributed by atoms with E-state index in [9.17, 15) is 0 Å². The molecule has 0 amide bonds. The smallest absolute Gasteiger partial charge is 0.138 e. The molecule has 0 N–H and O–H groups in total. The highest BCUT2D eigenvalue weighted by Gasteiger charge is 2.56. The van der Waals surface area contributed by atoms with E-state index in [4.69, 9.17) is 4.42 Å². The van der Waals surface area contributed by atoms with Crippen LogP contribution in [-0.4, -0.2) is 0 Å². The second-order valence-electron chi connectivity index (χ2n) is 18.7. The van der Waals surface area contributed by atoms with E-state index in [0.717, 1.165) is 29.4 Å². The number of rotatable bonds is 4. The molecular formula is C53H51NO. The Hall–Kier alpha value is -4.82. The van der Waals surface area contributed by atoms with Gasteiger partial charge in [0.1, 0.15) is 11.2 Å². The third kappa shape index (κ3) is 4.43. The van der Waals surface area contributed by atoms with Crippen molar-refractivity contribution in [2.24, 2.45) is 17.8 Å². The van der Waals surface area contributed by atoms with E-state index < -0.39 is 0 Å². The number of para-hydroxylation sites is 1. The third-order valence-corrected chi connectivity index (χ3v) is 15.6. The maximum Gasteiger partial charge on any atom is 0.138 e. The molecule has 4 unspecified atom stereocenters. The molecule has 0 radical (unpaired) electrons. The lowest BCUT2D eigenvalue weighted by atomic mass is 9.67. The highest BCUT2D eigenvalue weighted by Crippen LogP contribution is 2.66. The van der Waals surface area contributed by atoms with Gasteiger partial charge in [0.25, 0.3) is 0 Å². The van der Waals surface area contributed by atoms with Crippen LogP contribution in [0.2, 0.25) is 0 Å². The molecule has 6 aliphatic carbocycles. The lowest BCUT2D eigenvalue weighted by Crippen LogP contribution is -2.32. The zero-order chi connectivity index (χ0) is 36.6. The van der Waals surface area contributed by atoms with Crippen LogP contribution in [0, 0.1) is 17.8 Å². The standard InChI is InChI=1S/C53H51NO/c1-32-11-9-18-46-50(32)43-25-22-37(29-47(43)52(46,2)3)54(36-23-26-49-44(28-36)42-16-10-15-39(51(42)55-49)34-12-5-4-6-13-34)38-21-24-41-40-14-7-8-17-45(40)53(48(41)30-38)31-33-19-20-35(53)27-33/h7-10,14-18,21-26,28-30,32-35H,4-6,11-13,19-20,27,31H2,1-3H3. The number of hydrogen-bond donors (Lipinski definition) is 0. The van der Waals surface area contributed by atoms with Gasteiger partial charge in [0.15, 0.2) is 0 Å². The van der Waals surface area contributed by atoms with Gasteiger partial charge in [-0.25, -0.2) is 0 Å². The van der Waals surface area contributed by atoms with E-state index in [2.05, 4.69) is 135 Å². The third-order valence-electron chi connectivity index (χ3n) is 15.6. The number of furan rings is 1.